The number of hydrogen-bond donors (Lipinski definition) is 2. The highest BCUT2D eigenvalue weighted by Gasteiger charge is 2.12. The second-order valence-corrected chi connectivity index (χ2v) is 5.68. The van der Waals surface area contributed by atoms with Crippen LogP contribution >= 0.6 is 0 Å². The molecule has 1 aromatic carbocycles. The van der Waals surface area contributed by atoms with E-state index in [1.807, 2.05) is 12.1 Å². The minimum atomic E-state index is 0.311. The molecule has 2 N–H and O–H groups in total. The molecular weight excluding hydrogens is 322 g/mol. The fraction of sp³-hybridized carbons (Fsp3) is 0.611. The summed E-state index contributed by atoms with van der Waals surface area (Å²) < 4.78 is 21.1. The Labute approximate surface area is 149 Å². The summed E-state index contributed by atoms with van der Waals surface area (Å²) in [5, 5.41) is 6.64. The summed E-state index contributed by atoms with van der Waals surface area (Å²) in [5.41, 5.74) is 1.21. The molecule has 0 atom stereocenters. The number of nitrogens with one attached hydrogen (secondary N) is 2. The van der Waals surface area contributed by atoms with Gasteiger partial charge in [-0.15, -0.1) is 0 Å². The van der Waals surface area contributed by atoms with Crippen molar-refractivity contribution >= 4 is 5.96 Å². The normalized spacial score (nSPS) is 13.1. The third-order valence-corrected chi connectivity index (χ3v) is 3.81. The van der Waals surface area contributed by atoms with Crippen molar-refractivity contribution in [3.8, 4) is 11.5 Å². The standard InChI is InChI=1S/C18H29N3O4/c1-19-18(20-8-3-4-10-23-12-11-22-2)21-9-7-15-5-6-16-17(13-15)25-14-24-16/h5-6,13H,3-4,7-12,14H2,1-2H3,(H2,19,20,21). The smallest absolute Gasteiger partial charge is 0.231 e. The lowest BCUT2D eigenvalue weighted by Crippen LogP contribution is -2.38. The van der Waals surface area contributed by atoms with E-state index in [-0.39, 0.29) is 0 Å². The van der Waals surface area contributed by atoms with Gasteiger partial charge in [-0.25, -0.2) is 0 Å². The maximum absolute atomic E-state index is 5.44. The molecule has 1 aliphatic rings. The van der Waals surface area contributed by atoms with E-state index >= 15 is 0 Å². The van der Waals surface area contributed by atoms with Crippen molar-refractivity contribution < 1.29 is 18.9 Å². The Hall–Kier alpha value is -1.99. The molecule has 1 aromatic rings. The molecule has 1 aliphatic heterocycles. The van der Waals surface area contributed by atoms with Crippen molar-refractivity contribution in [1.29, 1.82) is 0 Å². The molecule has 0 aromatic heterocycles. The quantitative estimate of drug-likeness (QED) is 0.358. The van der Waals surface area contributed by atoms with Crippen LogP contribution < -0.4 is 20.1 Å². The van der Waals surface area contributed by atoms with Crippen LogP contribution in [-0.4, -0.2) is 59.8 Å². The first kappa shape index (κ1) is 19.3. The zero-order valence-electron chi connectivity index (χ0n) is 15.2. The Morgan fingerprint density at radius 2 is 1.92 bits per heavy atom. The van der Waals surface area contributed by atoms with E-state index in [2.05, 4.69) is 21.7 Å². The van der Waals surface area contributed by atoms with Crippen molar-refractivity contribution in [2.45, 2.75) is 19.3 Å². The molecular formula is C18H29N3O4. The van der Waals surface area contributed by atoms with Crippen molar-refractivity contribution in [2.75, 3.05) is 53.9 Å². The van der Waals surface area contributed by atoms with Crippen LogP contribution in [0.2, 0.25) is 0 Å². The van der Waals surface area contributed by atoms with Gasteiger partial charge in [0.25, 0.3) is 0 Å². The highest BCUT2D eigenvalue weighted by molar-refractivity contribution is 5.79. The average Bonchev–Trinajstić information content (AvgIpc) is 3.10. The summed E-state index contributed by atoms with van der Waals surface area (Å²) in [6, 6.07) is 6.05. The van der Waals surface area contributed by atoms with Gasteiger partial charge in [0.05, 0.1) is 13.2 Å². The zero-order chi connectivity index (χ0) is 17.7. The Morgan fingerprint density at radius 3 is 2.76 bits per heavy atom. The molecule has 0 bridgehead atoms. The lowest BCUT2D eigenvalue weighted by molar-refractivity contribution is 0.0689. The van der Waals surface area contributed by atoms with Gasteiger partial charge in [-0.05, 0) is 37.0 Å². The topological polar surface area (TPSA) is 73.3 Å². The average molecular weight is 351 g/mol. The fourth-order valence-corrected chi connectivity index (χ4v) is 2.42. The van der Waals surface area contributed by atoms with Gasteiger partial charge < -0.3 is 29.6 Å². The van der Waals surface area contributed by atoms with Gasteiger partial charge in [0.2, 0.25) is 6.79 Å². The molecule has 0 amide bonds. The summed E-state index contributed by atoms with van der Waals surface area (Å²) in [4.78, 5) is 4.24. The van der Waals surface area contributed by atoms with Crippen LogP contribution in [0.3, 0.4) is 0 Å². The van der Waals surface area contributed by atoms with Crippen molar-refractivity contribution in [3.05, 3.63) is 23.8 Å². The molecule has 0 unspecified atom stereocenters. The number of ether oxygens (including phenoxy) is 4. The maximum Gasteiger partial charge on any atom is 0.231 e. The maximum atomic E-state index is 5.44. The van der Waals surface area contributed by atoms with E-state index in [1.165, 1.54) is 5.56 Å². The number of benzene rings is 1. The Balaban J connectivity index is 1.54. The second-order valence-electron chi connectivity index (χ2n) is 5.68. The van der Waals surface area contributed by atoms with Crippen molar-refractivity contribution in [1.82, 2.24) is 10.6 Å². The highest BCUT2D eigenvalue weighted by atomic mass is 16.7. The van der Waals surface area contributed by atoms with Crippen LogP contribution in [0.5, 0.6) is 11.5 Å². The van der Waals surface area contributed by atoms with Crippen molar-refractivity contribution in [3.63, 3.8) is 0 Å². The number of hydrogen-bond acceptors (Lipinski definition) is 5. The first-order valence-electron chi connectivity index (χ1n) is 8.73. The number of methoxy groups -OCH3 is 1. The third-order valence-electron chi connectivity index (χ3n) is 3.81. The van der Waals surface area contributed by atoms with Crippen LogP contribution in [0.4, 0.5) is 0 Å². The number of guanidine groups is 1. The van der Waals surface area contributed by atoms with Crippen LogP contribution in [0.15, 0.2) is 23.2 Å². The molecule has 7 heteroatoms. The summed E-state index contributed by atoms with van der Waals surface area (Å²) in [6.07, 6.45) is 2.95. The summed E-state index contributed by atoms with van der Waals surface area (Å²) in [6.45, 7) is 4.06. The molecule has 1 heterocycles. The molecule has 0 aliphatic carbocycles. The van der Waals surface area contributed by atoms with Crippen LogP contribution in [0.25, 0.3) is 0 Å². The number of nitrogens with zero attached hydrogens (tertiary/aromatic N) is 1. The molecule has 0 fully saturated rings. The lowest BCUT2D eigenvalue weighted by Gasteiger charge is -2.12. The van der Waals surface area contributed by atoms with Gasteiger partial charge in [-0.3, -0.25) is 4.99 Å². The number of fused-ring (bicyclic) bond motifs is 1. The summed E-state index contributed by atoms with van der Waals surface area (Å²) in [5.74, 6) is 2.47. The molecule has 7 nitrogen and oxygen atoms in total. The molecule has 25 heavy (non-hydrogen) atoms. The lowest BCUT2D eigenvalue weighted by atomic mass is 10.1. The third kappa shape index (κ3) is 7.19. The minimum absolute atomic E-state index is 0.311. The first-order valence-corrected chi connectivity index (χ1v) is 8.73. The zero-order valence-corrected chi connectivity index (χ0v) is 15.2. The SMILES string of the molecule is CN=C(NCCCCOCCOC)NCCc1ccc2c(c1)OCO2. The van der Waals surface area contributed by atoms with Gasteiger partial charge in [0.15, 0.2) is 17.5 Å². The fourth-order valence-electron chi connectivity index (χ4n) is 2.42. The van der Waals surface area contributed by atoms with Crippen LogP contribution in [0, 0.1) is 0 Å². The predicted molar refractivity (Wildman–Crippen MR) is 97.6 cm³/mol. The number of aliphatic imine (C=N–C) groups is 1. The number of unbranched alkanes of at least 4 members (excludes halogenated alkanes) is 1. The summed E-state index contributed by atoms with van der Waals surface area (Å²) in [7, 11) is 3.46. The molecule has 0 spiro atoms. The molecule has 0 saturated heterocycles. The molecule has 0 radical (unpaired) electrons. The van der Waals surface area contributed by atoms with Gasteiger partial charge >= 0.3 is 0 Å². The van der Waals surface area contributed by atoms with E-state index in [9.17, 15) is 0 Å². The predicted octanol–water partition coefficient (Wildman–Crippen LogP) is 1.57. The molecule has 140 valence electrons. The van der Waals surface area contributed by atoms with Gasteiger partial charge in [-0.2, -0.15) is 0 Å². The van der Waals surface area contributed by atoms with E-state index in [1.54, 1.807) is 14.2 Å². The van der Waals surface area contributed by atoms with E-state index < -0.39 is 0 Å². The van der Waals surface area contributed by atoms with Crippen LogP contribution in [-0.2, 0) is 15.9 Å². The summed E-state index contributed by atoms with van der Waals surface area (Å²) >= 11 is 0. The van der Waals surface area contributed by atoms with Gasteiger partial charge in [0, 0.05) is 33.9 Å². The second kappa shape index (κ2) is 11.5. The van der Waals surface area contributed by atoms with E-state index in [0.29, 0.717) is 20.0 Å². The van der Waals surface area contributed by atoms with E-state index in [0.717, 1.165) is 56.4 Å². The Bertz CT molecular complexity index is 537. The van der Waals surface area contributed by atoms with Gasteiger partial charge in [-0.1, -0.05) is 6.07 Å². The van der Waals surface area contributed by atoms with E-state index in [4.69, 9.17) is 18.9 Å². The van der Waals surface area contributed by atoms with Crippen molar-refractivity contribution in [2.24, 2.45) is 4.99 Å². The minimum Gasteiger partial charge on any atom is -0.454 e. The highest BCUT2D eigenvalue weighted by Crippen LogP contribution is 2.32. The molecule has 0 saturated carbocycles. The first-order chi connectivity index (χ1) is 12.3. The Morgan fingerprint density at radius 1 is 1.08 bits per heavy atom. The molecule has 2 rings (SSSR count). The van der Waals surface area contributed by atoms with Gasteiger partial charge in [0.1, 0.15) is 0 Å². The monoisotopic (exact) mass is 351 g/mol. The number of rotatable bonds is 11. The Kier molecular flexibility index (Phi) is 8.93. The largest absolute Gasteiger partial charge is 0.454 e. The van der Waals surface area contributed by atoms with Crippen LogP contribution in [0.1, 0.15) is 18.4 Å².